The Morgan fingerprint density at radius 3 is 1.64 bits per heavy atom. The average molecular weight is 206 g/mol. The molecule has 0 amide bonds. The molecule has 0 unspecified atom stereocenters. The molecule has 0 aliphatic heterocycles. The second-order valence-corrected chi connectivity index (χ2v) is 2.35. The van der Waals surface area contributed by atoms with Gasteiger partial charge in [-0.05, 0) is 37.1 Å². The average Bonchev–Trinajstić information content (AvgIpc) is 1.59. The van der Waals surface area contributed by atoms with Gasteiger partial charge in [0.25, 0.3) is 0 Å². The van der Waals surface area contributed by atoms with Crippen LogP contribution in [0.1, 0.15) is 11.1 Å². The summed E-state index contributed by atoms with van der Waals surface area (Å²) < 4.78 is 0. The van der Waals surface area contributed by atoms with Crippen LogP contribution in [0.15, 0.2) is 18.2 Å². The molecule has 0 spiro atoms. The Bertz CT molecular complexity index is 175. The molecule has 11 heavy (non-hydrogen) atoms. The number of benzene rings is 1. The molecule has 0 heterocycles. The molecule has 0 aliphatic rings. The fourth-order valence-corrected chi connectivity index (χ4v) is 0.951. The van der Waals surface area contributed by atoms with Crippen molar-refractivity contribution in [3.63, 3.8) is 0 Å². The SMILES string of the molecule is Cc1cc(C)cc(O)c1.Cl.[Ti]. The first-order valence-electron chi connectivity index (χ1n) is 2.96. The van der Waals surface area contributed by atoms with Gasteiger partial charge in [-0.3, -0.25) is 0 Å². The minimum atomic E-state index is 0. The van der Waals surface area contributed by atoms with Crippen molar-refractivity contribution in [2.75, 3.05) is 0 Å². The molecule has 0 saturated heterocycles. The zero-order valence-corrected chi connectivity index (χ0v) is 8.97. The van der Waals surface area contributed by atoms with Gasteiger partial charge in [-0.15, -0.1) is 12.4 Å². The van der Waals surface area contributed by atoms with Crippen molar-refractivity contribution in [3.8, 4) is 5.75 Å². The first kappa shape index (κ1) is 13.6. The van der Waals surface area contributed by atoms with E-state index in [1.807, 2.05) is 19.9 Å². The molecule has 0 atom stereocenters. The minimum absolute atomic E-state index is 0. The van der Waals surface area contributed by atoms with Crippen molar-refractivity contribution in [1.29, 1.82) is 0 Å². The van der Waals surface area contributed by atoms with Crippen molar-refractivity contribution in [2.24, 2.45) is 0 Å². The third-order valence-electron chi connectivity index (χ3n) is 1.21. The van der Waals surface area contributed by atoms with E-state index in [0.717, 1.165) is 11.1 Å². The molecule has 0 aliphatic carbocycles. The fourth-order valence-electron chi connectivity index (χ4n) is 0.951. The Morgan fingerprint density at radius 1 is 1.00 bits per heavy atom. The van der Waals surface area contributed by atoms with Crippen LogP contribution in [0.25, 0.3) is 0 Å². The van der Waals surface area contributed by atoms with Crippen LogP contribution in [0, 0.1) is 13.8 Å². The summed E-state index contributed by atoms with van der Waals surface area (Å²) >= 11 is 0. The van der Waals surface area contributed by atoms with E-state index in [2.05, 4.69) is 0 Å². The summed E-state index contributed by atoms with van der Waals surface area (Å²) in [5, 5.41) is 8.99. The van der Waals surface area contributed by atoms with Crippen molar-refractivity contribution >= 4 is 12.4 Å². The molecule has 1 rings (SSSR count). The number of halogens is 1. The van der Waals surface area contributed by atoms with Crippen LogP contribution in [0.3, 0.4) is 0 Å². The zero-order valence-electron chi connectivity index (χ0n) is 6.59. The number of rotatable bonds is 0. The third-order valence-corrected chi connectivity index (χ3v) is 1.21. The Morgan fingerprint density at radius 2 is 1.36 bits per heavy atom. The van der Waals surface area contributed by atoms with Crippen LogP contribution >= 0.6 is 12.4 Å². The van der Waals surface area contributed by atoms with Crippen LogP contribution in [0.4, 0.5) is 0 Å². The molecule has 0 aromatic heterocycles. The number of hydrogen-bond donors (Lipinski definition) is 1. The van der Waals surface area contributed by atoms with E-state index in [9.17, 15) is 0 Å². The first-order chi connectivity index (χ1) is 4.18. The molecular weight excluding hydrogens is 195 g/mol. The second kappa shape index (κ2) is 5.65. The molecule has 0 fully saturated rings. The van der Waals surface area contributed by atoms with E-state index in [-0.39, 0.29) is 34.1 Å². The van der Waals surface area contributed by atoms with Crippen molar-refractivity contribution in [3.05, 3.63) is 29.3 Å². The minimum Gasteiger partial charge on any atom is -0.508 e. The molecule has 3 heteroatoms. The molecule has 1 N–H and O–H groups in total. The van der Waals surface area contributed by atoms with Gasteiger partial charge in [0.05, 0.1) is 0 Å². The van der Waals surface area contributed by atoms with E-state index in [1.165, 1.54) is 0 Å². The summed E-state index contributed by atoms with van der Waals surface area (Å²) in [7, 11) is 0. The van der Waals surface area contributed by atoms with Gasteiger partial charge >= 0.3 is 0 Å². The Balaban J connectivity index is 0. The predicted octanol–water partition coefficient (Wildman–Crippen LogP) is 2.43. The monoisotopic (exact) mass is 206 g/mol. The summed E-state index contributed by atoms with van der Waals surface area (Å²) in [5.74, 6) is 0.354. The maximum Gasteiger partial charge on any atom is 0.116 e. The van der Waals surface area contributed by atoms with E-state index in [0.29, 0.717) is 5.75 Å². The molecule has 1 aromatic carbocycles. The van der Waals surface area contributed by atoms with Gasteiger partial charge in [0.15, 0.2) is 0 Å². The zero-order chi connectivity index (χ0) is 6.85. The van der Waals surface area contributed by atoms with E-state index in [1.54, 1.807) is 12.1 Å². The van der Waals surface area contributed by atoms with Crippen molar-refractivity contribution in [1.82, 2.24) is 0 Å². The topological polar surface area (TPSA) is 20.2 Å². The third kappa shape index (κ3) is 4.46. The molecular formula is C8H11ClOTi. The number of phenolic OH excluding ortho intramolecular Hbond substituents is 1. The van der Waals surface area contributed by atoms with Gasteiger partial charge < -0.3 is 5.11 Å². The quantitative estimate of drug-likeness (QED) is 0.647. The Hall–Kier alpha value is 0.0243. The van der Waals surface area contributed by atoms with Crippen molar-refractivity contribution < 1.29 is 26.8 Å². The first-order valence-corrected chi connectivity index (χ1v) is 2.96. The van der Waals surface area contributed by atoms with Gasteiger partial charge in [-0.2, -0.15) is 0 Å². The molecule has 0 radical (unpaired) electrons. The van der Waals surface area contributed by atoms with Gasteiger partial charge in [0.1, 0.15) is 5.75 Å². The van der Waals surface area contributed by atoms with Crippen LogP contribution in [-0.2, 0) is 21.7 Å². The fraction of sp³-hybridized carbons (Fsp3) is 0.250. The predicted molar refractivity (Wildman–Crippen MR) is 44.8 cm³/mol. The summed E-state index contributed by atoms with van der Waals surface area (Å²) in [6.07, 6.45) is 0. The maximum absolute atomic E-state index is 8.99. The van der Waals surface area contributed by atoms with Gasteiger partial charge in [-0.25, -0.2) is 0 Å². The molecule has 1 nitrogen and oxygen atoms in total. The van der Waals surface area contributed by atoms with E-state index < -0.39 is 0 Å². The van der Waals surface area contributed by atoms with E-state index >= 15 is 0 Å². The normalized spacial score (nSPS) is 7.82. The summed E-state index contributed by atoms with van der Waals surface area (Å²) in [6.45, 7) is 3.93. The number of aromatic hydroxyl groups is 1. The number of phenols is 1. The van der Waals surface area contributed by atoms with Gasteiger partial charge in [0, 0.05) is 21.7 Å². The maximum atomic E-state index is 8.99. The van der Waals surface area contributed by atoms with Crippen molar-refractivity contribution in [2.45, 2.75) is 13.8 Å². The van der Waals surface area contributed by atoms with E-state index in [4.69, 9.17) is 5.11 Å². The van der Waals surface area contributed by atoms with Crippen LogP contribution < -0.4 is 0 Å². The summed E-state index contributed by atoms with van der Waals surface area (Å²) in [4.78, 5) is 0. The molecule has 0 bridgehead atoms. The van der Waals surface area contributed by atoms with Crippen LogP contribution in [0.2, 0.25) is 0 Å². The Labute approximate surface area is 88.1 Å². The summed E-state index contributed by atoms with van der Waals surface area (Å²) in [6, 6.07) is 5.51. The van der Waals surface area contributed by atoms with Gasteiger partial charge in [0.2, 0.25) is 0 Å². The van der Waals surface area contributed by atoms with Crippen LogP contribution in [0.5, 0.6) is 5.75 Å². The smallest absolute Gasteiger partial charge is 0.116 e. The largest absolute Gasteiger partial charge is 0.508 e. The number of aryl methyl sites for hydroxylation is 2. The van der Waals surface area contributed by atoms with Gasteiger partial charge in [-0.1, -0.05) is 6.07 Å². The second-order valence-electron chi connectivity index (χ2n) is 2.35. The molecule has 1 aromatic rings. The standard InChI is InChI=1S/C8H10O.ClH.Ti/c1-6-3-7(2)5-8(9)4-6;;/h3-5,9H,1-2H3;1H;. The molecule has 0 saturated carbocycles. The van der Waals surface area contributed by atoms with Crippen LogP contribution in [-0.4, -0.2) is 5.11 Å². The number of hydrogen-bond acceptors (Lipinski definition) is 1. The Kier molecular flexibility index (Phi) is 6.98. The summed E-state index contributed by atoms with van der Waals surface area (Å²) in [5.41, 5.74) is 2.21. The molecule has 60 valence electrons.